The Hall–Kier alpha value is -3.86. The fraction of sp³-hybridized carbons (Fsp3) is 0.207. The molecular weight excluding hydrogens is 427 g/mol. The number of aromatic nitrogens is 1. The molecule has 0 spiro atoms. The quantitative estimate of drug-likeness (QED) is 0.336. The molecule has 1 aromatic heterocycles. The first-order valence-electron chi connectivity index (χ1n) is 11.4. The minimum Gasteiger partial charge on any atom is -0.497 e. The normalized spacial score (nSPS) is 11.8. The van der Waals surface area contributed by atoms with E-state index in [2.05, 4.69) is 17.4 Å². The lowest BCUT2D eigenvalue weighted by Gasteiger charge is -2.15. The molecule has 0 aliphatic heterocycles. The van der Waals surface area contributed by atoms with E-state index >= 15 is 0 Å². The maximum Gasteiger partial charge on any atom is 0.253 e. The first-order valence-corrected chi connectivity index (χ1v) is 11.4. The number of nitrogens with zero attached hydrogens (tertiary/aromatic N) is 1. The third kappa shape index (κ3) is 5.04. The SMILES string of the molecule is COc1cccc(-c2cc(C(=O)NC(C)CCc3ccccc3)c(C)n2-c2ccccc2F)c1. The summed E-state index contributed by atoms with van der Waals surface area (Å²) in [5.74, 6) is 0.169. The number of aryl methyl sites for hydroxylation is 1. The smallest absolute Gasteiger partial charge is 0.253 e. The zero-order chi connectivity index (χ0) is 24.1. The van der Waals surface area contributed by atoms with Crippen molar-refractivity contribution in [1.82, 2.24) is 9.88 Å². The summed E-state index contributed by atoms with van der Waals surface area (Å²) in [5, 5.41) is 3.12. The minimum atomic E-state index is -0.353. The third-order valence-electron chi connectivity index (χ3n) is 6.04. The minimum absolute atomic E-state index is 0.0100. The van der Waals surface area contributed by atoms with Crippen LogP contribution in [0.4, 0.5) is 4.39 Å². The molecule has 174 valence electrons. The average molecular weight is 457 g/mol. The first kappa shape index (κ1) is 23.3. The molecule has 0 aliphatic carbocycles. The number of carbonyl (C=O) groups is 1. The van der Waals surface area contributed by atoms with Crippen LogP contribution < -0.4 is 10.1 Å². The van der Waals surface area contributed by atoms with Gasteiger partial charge in [-0.3, -0.25) is 4.79 Å². The lowest BCUT2D eigenvalue weighted by molar-refractivity contribution is 0.0938. The maximum absolute atomic E-state index is 14.8. The number of rotatable bonds is 8. The molecular formula is C29H29FN2O2. The van der Waals surface area contributed by atoms with Gasteiger partial charge >= 0.3 is 0 Å². The van der Waals surface area contributed by atoms with Gasteiger partial charge in [-0.05, 0) is 62.6 Å². The summed E-state index contributed by atoms with van der Waals surface area (Å²) in [4.78, 5) is 13.3. The van der Waals surface area contributed by atoms with Crippen LogP contribution in [0.3, 0.4) is 0 Å². The predicted molar refractivity (Wildman–Crippen MR) is 134 cm³/mol. The fourth-order valence-corrected chi connectivity index (χ4v) is 4.18. The van der Waals surface area contributed by atoms with Crippen molar-refractivity contribution in [1.29, 1.82) is 0 Å². The molecule has 4 rings (SSSR count). The second-order valence-electron chi connectivity index (χ2n) is 8.45. The molecule has 1 N–H and O–H groups in total. The van der Waals surface area contributed by atoms with Gasteiger partial charge in [0.25, 0.3) is 5.91 Å². The third-order valence-corrected chi connectivity index (χ3v) is 6.04. The molecule has 0 bridgehead atoms. The van der Waals surface area contributed by atoms with Crippen LogP contribution >= 0.6 is 0 Å². The molecule has 34 heavy (non-hydrogen) atoms. The van der Waals surface area contributed by atoms with Gasteiger partial charge in [0.2, 0.25) is 0 Å². The molecule has 4 nitrogen and oxygen atoms in total. The molecule has 1 heterocycles. The van der Waals surface area contributed by atoms with Crippen LogP contribution in [-0.2, 0) is 6.42 Å². The van der Waals surface area contributed by atoms with Crippen molar-refractivity contribution in [2.45, 2.75) is 32.7 Å². The Bertz CT molecular complexity index is 1280. The van der Waals surface area contributed by atoms with Crippen LogP contribution in [0.25, 0.3) is 16.9 Å². The summed E-state index contributed by atoms with van der Waals surface area (Å²) in [6, 6.07) is 26.2. The summed E-state index contributed by atoms with van der Waals surface area (Å²) >= 11 is 0. The molecule has 0 fully saturated rings. The van der Waals surface area contributed by atoms with Gasteiger partial charge < -0.3 is 14.6 Å². The lowest BCUT2D eigenvalue weighted by atomic mass is 10.1. The van der Waals surface area contributed by atoms with Crippen LogP contribution in [0.2, 0.25) is 0 Å². The Morgan fingerprint density at radius 3 is 2.47 bits per heavy atom. The van der Waals surface area contributed by atoms with Gasteiger partial charge in [0, 0.05) is 17.3 Å². The Labute approximate surface area is 200 Å². The van der Waals surface area contributed by atoms with Crippen molar-refractivity contribution in [3.63, 3.8) is 0 Å². The van der Waals surface area contributed by atoms with E-state index in [1.54, 1.807) is 29.9 Å². The molecule has 5 heteroatoms. The first-order chi connectivity index (χ1) is 16.5. The average Bonchev–Trinajstić information content (AvgIpc) is 3.20. The number of ether oxygens (including phenoxy) is 1. The highest BCUT2D eigenvalue weighted by molar-refractivity contribution is 5.97. The topological polar surface area (TPSA) is 43.3 Å². The summed E-state index contributed by atoms with van der Waals surface area (Å²) in [7, 11) is 1.61. The standard InChI is InChI=1S/C29H29FN2O2/c1-20(16-17-22-10-5-4-6-11-22)31-29(33)25-19-28(23-12-9-13-24(18-23)34-3)32(21(25)2)27-15-8-7-14-26(27)30/h4-15,18-20H,16-17H2,1-3H3,(H,31,33). The van der Waals surface area contributed by atoms with Crippen molar-refractivity contribution < 1.29 is 13.9 Å². The molecule has 1 amide bonds. The van der Waals surface area contributed by atoms with Gasteiger partial charge in [-0.2, -0.15) is 0 Å². The Morgan fingerprint density at radius 1 is 1.00 bits per heavy atom. The summed E-state index contributed by atoms with van der Waals surface area (Å²) in [5.41, 5.74) is 4.40. The summed E-state index contributed by atoms with van der Waals surface area (Å²) in [6.07, 6.45) is 1.71. The lowest BCUT2D eigenvalue weighted by Crippen LogP contribution is -2.33. The van der Waals surface area contributed by atoms with E-state index in [-0.39, 0.29) is 17.8 Å². The van der Waals surface area contributed by atoms with Crippen molar-refractivity contribution in [2.24, 2.45) is 0 Å². The van der Waals surface area contributed by atoms with E-state index in [4.69, 9.17) is 4.74 Å². The van der Waals surface area contributed by atoms with Crippen LogP contribution in [-0.4, -0.2) is 23.6 Å². The zero-order valence-electron chi connectivity index (χ0n) is 19.7. The number of hydrogen-bond donors (Lipinski definition) is 1. The van der Waals surface area contributed by atoms with Crippen molar-refractivity contribution in [2.75, 3.05) is 7.11 Å². The van der Waals surface area contributed by atoms with Crippen LogP contribution in [0.5, 0.6) is 5.75 Å². The Morgan fingerprint density at radius 2 is 1.74 bits per heavy atom. The highest BCUT2D eigenvalue weighted by atomic mass is 19.1. The van der Waals surface area contributed by atoms with Gasteiger partial charge in [-0.1, -0.05) is 54.6 Å². The van der Waals surface area contributed by atoms with Gasteiger partial charge in [-0.25, -0.2) is 4.39 Å². The maximum atomic E-state index is 14.8. The van der Waals surface area contributed by atoms with Crippen molar-refractivity contribution in [3.8, 4) is 22.7 Å². The van der Waals surface area contributed by atoms with E-state index in [0.717, 1.165) is 24.1 Å². The van der Waals surface area contributed by atoms with E-state index in [1.165, 1.54) is 11.6 Å². The molecule has 0 aliphatic rings. The van der Waals surface area contributed by atoms with E-state index < -0.39 is 0 Å². The number of para-hydroxylation sites is 1. The van der Waals surface area contributed by atoms with Gasteiger partial charge in [-0.15, -0.1) is 0 Å². The predicted octanol–water partition coefficient (Wildman–Crippen LogP) is 6.35. The van der Waals surface area contributed by atoms with Crippen LogP contribution in [0.1, 0.15) is 35.0 Å². The summed E-state index contributed by atoms with van der Waals surface area (Å²) < 4.78 is 22.0. The fourth-order valence-electron chi connectivity index (χ4n) is 4.18. The van der Waals surface area contributed by atoms with Gasteiger partial charge in [0.15, 0.2) is 0 Å². The molecule has 0 radical (unpaired) electrons. The van der Waals surface area contributed by atoms with Crippen LogP contribution in [0, 0.1) is 12.7 Å². The monoisotopic (exact) mass is 456 g/mol. The molecule has 0 saturated carbocycles. The van der Waals surface area contributed by atoms with Gasteiger partial charge in [0.05, 0.1) is 24.1 Å². The number of halogens is 1. The number of nitrogens with one attached hydrogen (secondary N) is 1. The number of amides is 1. The van der Waals surface area contributed by atoms with Crippen molar-refractivity contribution >= 4 is 5.91 Å². The zero-order valence-corrected chi connectivity index (χ0v) is 19.7. The molecule has 4 aromatic rings. The molecule has 0 saturated heterocycles. The van der Waals surface area contributed by atoms with E-state index in [9.17, 15) is 9.18 Å². The second-order valence-corrected chi connectivity index (χ2v) is 8.45. The van der Waals surface area contributed by atoms with E-state index in [0.29, 0.717) is 22.7 Å². The van der Waals surface area contributed by atoms with E-state index in [1.807, 2.05) is 62.4 Å². The number of benzene rings is 3. The van der Waals surface area contributed by atoms with Crippen molar-refractivity contribution in [3.05, 3.63) is 108 Å². The largest absolute Gasteiger partial charge is 0.497 e. The second kappa shape index (κ2) is 10.4. The number of carbonyl (C=O) groups excluding carboxylic acids is 1. The van der Waals surface area contributed by atoms with Crippen LogP contribution in [0.15, 0.2) is 84.9 Å². The Balaban J connectivity index is 1.66. The highest BCUT2D eigenvalue weighted by Gasteiger charge is 2.22. The molecule has 1 unspecified atom stereocenters. The number of methoxy groups -OCH3 is 1. The number of hydrogen-bond acceptors (Lipinski definition) is 2. The summed E-state index contributed by atoms with van der Waals surface area (Å²) in [6.45, 7) is 3.85. The highest BCUT2D eigenvalue weighted by Crippen LogP contribution is 2.32. The molecule has 3 aromatic carbocycles. The Kier molecular flexibility index (Phi) is 7.12. The molecule has 1 atom stereocenters. The van der Waals surface area contributed by atoms with Gasteiger partial charge in [0.1, 0.15) is 11.6 Å².